The summed E-state index contributed by atoms with van der Waals surface area (Å²) in [5.41, 5.74) is 2.29. The number of nitrogens with one attached hydrogen (secondary N) is 3. The van der Waals surface area contributed by atoms with E-state index in [4.69, 9.17) is 4.74 Å². The van der Waals surface area contributed by atoms with Gasteiger partial charge in [0.25, 0.3) is 11.5 Å². The molecule has 1 aliphatic heterocycles. The summed E-state index contributed by atoms with van der Waals surface area (Å²) in [6, 6.07) is 1.38. The molecule has 8 nitrogen and oxygen atoms in total. The Morgan fingerprint density at radius 3 is 2.88 bits per heavy atom. The van der Waals surface area contributed by atoms with E-state index in [2.05, 4.69) is 20.3 Å². The number of amides is 1. The van der Waals surface area contributed by atoms with Gasteiger partial charge in [-0.25, -0.2) is 4.98 Å². The fourth-order valence-electron chi connectivity index (χ4n) is 2.83. The number of aromatic amines is 2. The maximum Gasteiger partial charge on any atom is 0.256 e. The third-order valence-electron chi connectivity index (χ3n) is 3.95. The number of fused-ring (bicyclic) bond motifs is 1. The molecule has 2 aromatic heterocycles. The smallest absolute Gasteiger partial charge is 0.256 e. The van der Waals surface area contributed by atoms with Crippen LogP contribution in [0.1, 0.15) is 38.7 Å². The maximum absolute atomic E-state index is 12.4. The molecule has 0 aromatic carbocycles. The van der Waals surface area contributed by atoms with E-state index in [9.17, 15) is 14.4 Å². The van der Waals surface area contributed by atoms with Gasteiger partial charge in [0.05, 0.1) is 36.6 Å². The van der Waals surface area contributed by atoms with Crippen molar-refractivity contribution in [2.75, 3.05) is 6.61 Å². The molecule has 0 radical (unpaired) electrons. The van der Waals surface area contributed by atoms with Crippen molar-refractivity contribution in [3.05, 3.63) is 60.7 Å². The van der Waals surface area contributed by atoms with Crippen molar-refractivity contribution < 1.29 is 9.53 Å². The van der Waals surface area contributed by atoms with Gasteiger partial charge < -0.3 is 20.0 Å². The molecule has 3 rings (SSSR count). The summed E-state index contributed by atoms with van der Waals surface area (Å²) in [6.07, 6.45) is 0.582. The van der Waals surface area contributed by atoms with Crippen LogP contribution in [0.25, 0.3) is 0 Å². The van der Waals surface area contributed by atoms with Gasteiger partial charge in [0.1, 0.15) is 5.82 Å². The minimum absolute atomic E-state index is 0.0974. The molecule has 0 aliphatic carbocycles. The Morgan fingerprint density at radius 1 is 1.33 bits per heavy atom. The molecule has 0 unspecified atom stereocenters. The Labute approximate surface area is 137 Å². The third kappa shape index (κ3) is 3.13. The Balaban J connectivity index is 1.79. The molecule has 1 amide bonds. The first-order valence-electron chi connectivity index (χ1n) is 7.63. The number of ether oxygens (including phenoxy) is 1. The van der Waals surface area contributed by atoms with E-state index in [1.54, 1.807) is 13.8 Å². The summed E-state index contributed by atoms with van der Waals surface area (Å²) in [6.45, 7) is 4.27. The lowest BCUT2D eigenvalue weighted by Gasteiger charge is -2.15. The highest BCUT2D eigenvalue weighted by Crippen LogP contribution is 2.11. The van der Waals surface area contributed by atoms with Gasteiger partial charge in [-0.2, -0.15) is 0 Å². The van der Waals surface area contributed by atoms with E-state index in [0.717, 1.165) is 0 Å². The molecule has 0 fully saturated rings. The van der Waals surface area contributed by atoms with Crippen LogP contribution in [0.5, 0.6) is 0 Å². The van der Waals surface area contributed by atoms with Gasteiger partial charge in [-0.05, 0) is 19.4 Å². The second kappa shape index (κ2) is 6.40. The van der Waals surface area contributed by atoms with Gasteiger partial charge in [0.15, 0.2) is 0 Å². The zero-order chi connectivity index (χ0) is 17.3. The minimum atomic E-state index is -0.329. The van der Waals surface area contributed by atoms with Gasteiger partial charge >= 0.3 is 0 Å². The molecule has 1 aliphatic rings. The lowest BCUT2D eigenvalue weighted by atomic mass is 10.1. The van der Waals surface area contributed by atoms with E-state index in [1.165, 1.54) is 6.07 Å². The molecule has 0 saturated heterocycles. The lowest BCUT2D eigenvalue weighted by Crippen LogP contribution is -2.30. The fourth-order valence-corrected chi connectivity index (χ4v) is 2.83. The van der Waals surface area contributed by atoms with Gasteiger partial charge in [-0.3, -0.25) is 14.4 Å². The van der Waals surface area contributed by atoms with Crippen LogP contribution < -0.4 is 16.4 Å². The molecule has 0 atom stereocenters. The first kappa shape index (κ1) is 16.1. The molecule has 8 heteroatoms. The van der Waals surface area contributed by atoms with Crippen LogP contribution in [0.15, 0.2) is 15.7 Å². The van der Waals surface area contributed by atoms with Crippen molar-refractivity contribution in [1.29, 1.82) is 0 Å². The normalized spacial score (nSPS) is 13.4. The summed E-state index contributed by atoms with van der Waals surface area (Å²) in [5, 5.41) is 2.73. The number of aryl methyl sites for hydroxylation is 2. The van der Waals surface area contributed by atoms with E-state index in [0.29, 0.717) is 46.9 Å². The average molecular weight is 330 g/mol. The van der Waals surface area contributed by atoms with Gasteiger partial charge in [0.2, 0.25) is 5.56 Å². The molecular weight excluding hydrogens is 312 g/mol. The zero-order valence-corrected chi connectivity index (χ0v) is 13.5. The monoisotopic (exact) mass is 330 g/mol. The van der Waals surface area contributed by atoms with E-state index < -0.39 is 0 Å². The van der Waals surface area contributed by atoms with E-state index in [-0.39, 0.29) is 30.2 Å². The Bertz CT molecular complexity index is 887. The van der Waals surface area contributed by atoms with Crippen LogP contribution in [0.4, 0.5) is 0 Å². The summed E-state index contributed by atoms with van der Waals surface area (Å²) in [5.74, 6) is 0.0682. The number of carbonyl (C=O) groups excluding carboxylic acids is 1. The second-order valence-electron chi connectivity index (χ2n) is 5.74. The number of pyridine rings is 1. The highest BCUT2D eigenvalue weighted by molar-refractivity contribution is 5.96. The predicted molar refractivity (Wildman–Crippen MR) is 85.9 cm³/mol. The predicted octanol–water partition coefficient (Wildman–Crippen LogP) is 0.0777. The standard InChI is InChI=1S/C16H18N4O4/c1-8-5-13(21)18-9(2)14(8)16(23)17-6-12-19-11-3-4-24-7-10(11)15(22)20-12/h5H,3-4,6-7H2,1-2H3,(H,17,23)(H,18,21)(H,19,20,22). The van der Waals surface area contributed by atoms with Crippen molar-refractivity contribution >= 4 is 5.91 Å². The van der Waals surface area contributed by atoms with Crippen LogP contribution in [0.3, 0.4) is 0 Å². The number of hydrogen-bond donors (Lipinski definition) is 3. The Hall–Kier alpha value is -2.74. The van der Waals surface area contributed by atoms with Crippen molar-refractivity contribution in [2.45, 2.75) is 33.4 Å². The van der Waals surface area contributed by atoms with Crippen molar-refractivity contribution in [3.8, 4) is 0 Å². The van der Waals surface area contributed by atoms with E-state index in [1.807, 2.05) is 0 Å². The van der Waals surface area contributed by atoms with E-state index >= 15 is 0 Å². The van der Waals surface area contributed by atoms with Crippen LogP contribution >= 0.6 is 0 Å². The minimum Gasteiger partial charge on any atom is -0.376 e. The van der Waals surface area contributed by atoms with Gasteiger partial charge in [-0.1, -0.05) is 0 Å². The van der Waals surface area contributed by atoms with Crippen molar-refractivity contribution in [1.82, 2.24) is 20.3 Å². The number of aromatic nitrogens is 3. The highest BCUT2D eigenvalue weighted by Gasteiger charge is 2.17. The molecule has 126 valence electrons. The first-order valence-corrected chi connectivity index (χ1v) is 7.63. The van der Waals surface area contributed by atoms with Crippen LogP contribution in [0.2, 0.25) is 0 Å². The van der Waals surface area contributed by atoms with Crippen molar-refractivity contribution in [3.63, 3.8) is 0 Å². The molecule has 3 heterocycles. The molecular formula is C16H18N4O4. The molecule has 0 saturated carbocycles. The maximum atomic E-state index is 12.4. The number of hydrogen-bond acceptors (Lipinski definition) is 5. The van der Waals surface area contributed by atoms with Crippen LogP contribution in [0, 0.1) is 13.8 Å². The van der Waals surface area contributed by atoms with Crippen LogP contribution in [-0.4, -0.2) is 27.5 Å². The quantitative estimate of drug-likeness (QED) is 0.737. The third-order valence-corrected chi connectivity index (χ3v) is 3.95. The number of nitrogens with zero attached hydrogens (tertiary/aromatic N) is 1. The summed E-state index contributed by atoms with van der Waals surface area (Å²) in [7, 11) is 0. The largest absolute Gasteiger partial charge is 0.376 e. The summed E-state index contributed by atoms with van der Waals surface area (Å²) in [4.78, 5) is 45.4. The SMILES string of the molecule is Cc1cc(=O)[nH]c(C)c1C(=O)NCc1nc2c(c(=O)[nH]1)COCC2. The van der Waals surface area contributed by atoms with Gasteiger partial charge in [-0.15, -0.1) is 0 Å². The first-order chi connectivity index (χ1) is 11.5. The average Bonchev–Trinajstić information content (AvgIpc) is 2.52. The van der Waals surface area contributed by atoms with Gasteiger partial charge in [0, 0.05) is 18.2 Å². The van der Waals surface area contributed by atoms with Crippen LogP contribution in [-0.2, 0) is 24.3 Å². The number of H-pyrrole nitrogens is 2. The Morgan fingerprint density at radius 2 is 2.12 bits per heavy atom. The number of carbonyl (C=O) groups is 1. The number of rotatable bonds is 3. The molecule has 3 N–H and O–H groups in total. The molecule has 0 spiro atoms. The topological polar surface area (TPSA) is 117 Å². The molecule has 24 heavy (non-hydrogen) atoms. The summed E-state index contributed by atoms with van der Waals surface area (Å²) < 4.78 is 5.25. The second-order valence-corrected chi connectivity index (χ2v) is 5.74. The highest BCUT2D eigenvalue weighted by atomic mass is 16.5. The molecule has 0 bridgehead atoms. The molecule has 2 aromatic rings. The Kier molecular flexibility index (Phi) is 4.30. The summed E-state index contributed by atoms with van der Waals surface area (Å²) >= 11 is 0. The van der Waals surface area contributed by atoms with Crippen molar-refractivity contribution in [2.24, 2.45) is 0 Å². The zero-order valence-electron chi connectivity index (χ0n) is 13.5. The fraction of sp³-hybridized carbons (Fsp3) is 0.375. The lowest BCUT2D eigenvalue weighted by molar-refractivity contribution is 0.0947.